The normalized spacial score (nSPS) is 28.4. The predicted octanol–water partition coefficient (Wildman–Crippen LogP) is -1.91. The maximum absolute atomic E-state index is 11.6. The number of carboxylic acids is 1. The lowest BCUT2D eigenvalue weighted by molar-refractivity contribution is -0.160. The van der Waals surface area contributed by atoms with E-state index < -0.39 is 61.6 Å². The quantitative estimate of drug-likeness (QED) is 0.360. The molecule has 2 heterocycles. The van der Waals surface area contributed by atoms with Gasteiger partial charge >= 0.3 is 17.9 Å². The minimum absolute atomic E-state index is 0.0782. The van der Waals surface area contributed by atoms with Gasteiger partial charge in [0.1, 0.15) is 24.9 Å². The van der Waals surface area contributed by atoms with E-state index in [9.17, 15) is 29.7 Å². The first-order chi connectivity index (χ1) is 12.7. The number of rotatable bonds is 7. The molecule has 150 valence electrons. The predicted molar refractivity (Wildman–Crippen MR) is 85.6 cm³/mol. The van der Waals surface area contributed by atoms with Gasteiger partial charge in [0.05, 0.1) is 19.1 Å². The van der Waals surface area contributed by atoms with Gasteiger partial charge in [0, 0.05) is 18.8 Å². The Kier molecular flexibility index (Phi) is 6.91. The Morgan fingerprint density at radius 3 is 2.67 bits per heavy atom. The average Bonchev–Trinajstić information content (AvgIpc) is 2.94. The van der Waals surface area contributed by atoms with Crippen molar-refractivity contribution in [3.8, 4) is 0 Å². The van der Waals surface area contributed by atoms with Crippen LogP contribution in [0.1, 0.15) is 12.8 Å². The Hall–Kier alpha value is -2.47. The summed E-state index contributed by atoms with van der Waals surface area (Å²) in [7, 11) is 1.06. The number of nitrogens with zero attached hydrogens (tertiary/aromatic N) is 1. The Bertz CT molecular complexity index is 645. The molecule has 4 N–H and O–H groups in total. The lowest BCUT2D eigenvalue weighted by Crippen LogP contribution is -2.40. The van der Waals surface area contributed by atoms with Crippen LogP contribution >= 0.6 is 0 Å². The second-order valence-corrected chi connectivity index (χ2v) is 5.97. The van der Waals surface area contributed by atoms with E-state index in [1.54, 1.807) is 6.08 Å². The van der Waals surface area contributed by atoms with E-state index in [2.05, 4.69) is 4.74 Å². The Labute approximate surface area is 154 Å². The van der Waals surface area contributed by atoms with Gasteiger partial charge in [-0.2, -0.15) is 0 Å². The van der Waals surface area contributed by atoms with Gasteiger partial charge in [-0.25, -0.2) is 9.59 Å². The van der Waals surface area contributed by atoms with E-state index >= 15 is 0 Å². The van der Waals surface area contributed by atoms with Crippen LogP contribution in [0.15, 0.2) is 24.0 Å². The Morgan fingerprint density at radius 1 is 1.33 bits per heavy atom. The number of ether oxygens (including phenoxy) is 3. The third-order valence-corrected chi connectivity index (χ3v) is 4.07. The molecule has 2 aliphatic rings. The number of methoxy groups -OCH3 is 1. The molecule has 2 rings (SSSR count). The largest absolute Gasteiger partial charge is 0.478 e. The first kappa shape index (κ1) is 20.8. The van der Waals surface area contributed by atoms with Gasteiger partial charge in [-0.3, -0.25) is 4.79 Å². The fourth-order valence-electron chi connectivity index (χ4n) is 2.60. The van der Waals surface area contributed by atoms with Gasteiger partial charge in [0.2, 0.25) is 0 Å². The second-order valence-electron chi connectivity index (χ2n) is 5.97. The molecule has 0 unspecified atom stereocenters. The molecule has 0 saturated carbocycles. The zero-order valence-corrected chi connectivity index (χ0v) is 14.4. The van der Waals surface area contributed by atoms with Gasteiger partial charge in [-0.15, -0.1) is 0 Å². The summed E-state index contributed by atoms with van der Waals surface area (Å²) in [5.41, 5.74) is 0.0782. The number of carboxylic acid groups (broad SMARTS) is 1. The minimum atomic E-state index is -1.67. The SMILES string of the molecule is COC(=O)[C@@H](O)CC(=O)OC[C@H]1O[C@@H](N2C=CCC(C(=O)O)=C2)[C@H](O)[C@@H]1O. The molecule has 0 aliphatic carbocycles. The van der Waals surface area contributed by atoms with Crippen LogP contribution in [0.3, 0.4) is 0 Å². The molecule has 0 aromatic heterocycles. The number of carbonyl (C=O) groups is 3. The van der Waals surface area contributed by atoms with E-state index in [1.807, 2.05) is 0 Å². The molecule has 5 atom stereocenters. The van der Waals surface area contributed by atoms with E-state index in [1.165, 1.54) is 17.3 Å². The van der Waals surface area contributed by atoms with Crippen molar-refractivity contribution in [3.63, 3.8) is 0 Å². The summed E-state index contributed by atoms with van der Waals surface area (Å²) < 4.78 is 14.6. The van der Waals surface area contributed by atoms with Crippen molar-refractivity contribution >= 4 is 17.9 Å². The topological polar surface area (TPSA) is 163 Å². The molecular weight excluding hydrogens is 366 g/mol. The highest BCUT2D eigenvalue weighted by Gasteiger charge is 2.45. The molecule has 0 amide bonds. The van der Waals surface area contributed by atoms with Gasteiger partial charge in [0.25, 0.3) is 0 Å². The molecule has 1 fully saturated rings. The van der Waals surface area contributed by atoms with Crippen LogP contribution in [0.25, 0.3) is 0 Å². The third kappa shape index (κ3) is 5.04. The number of esters is 2. The van der Waals surface area contributed by atoms with Crippen molar-refractivity contribution in [1.29, 1.82) is 0 Å². The van der Waals surface area contributed by atoms with Crippen LogP contribution < -0.4 is 0 Å². The number of carbonyl (C=O) groups excluding carboxylic acids is 2. The molecule has 2 aliphatic heterocycles. The molecular formula is C16H21NO10. The number of hydrogen-bond acceptors (Lipinski definition) is 10. The van der Waals surface area contributed by atoms with Crippen LogP contribution in [0.5, 0.6) is 0 Å². The van der Waals surface area contributed by atoms with Crippen LogP contribution in [-0.4, -0.2) is 87.6 Å². The maximum Gasteiger partial charge on any atom is 0.335 e. The second kappa shape index (κ2) is 8.95. The van der Waals surface area contributed by atoms with Gasteiger partial charge < -0.3 is 39.5 Å². The highest BCUT2D eigenvalue weighted by atomic mass is 16.6. The molecule has 0 bridgehead atoms. The summed E-state index contributed by atoms with van der Waals surface area (Å²) in [6.45, 7) is -0.436. The highest BCUT2D eigenvalue weighted by Crippen LogP contribution is 2.27. The Morgan fingerprint density at radius 2 is 2.04 bits per heavy atom. The van der Waals surface area contributed by atoms with E-state index in [0.29, 0.717) is 0 Å². The highest BCUT2D eigenvalue weighted by molar-refractivity contribution is 5.87. The summed E-state index contributed by atoms with van der Waals surface area (Å²) in [5, 5.41) is 38.7. The molecule has 11 heteroatoms. The zero-order valence-electron chi connectivity index (χ0n) is 14.4. The van der Waals surface area contributed by atoms with Crippen molar-refractivity contribution < 1.29 is 49.0 Å². The molecule has 27 heavy (non-hydrogen) atoms. The monoisotopic (exact) mass is 387 g/mol. The molecule has 1 saturated heterocycles. The van der Waals surface area contributed by atoms with Crippen molar-refractivity contribution in [2.24, 2.45) is 0 Å². The van der Waals surface area contributed by atoms with Crippen LogP contribution in [0.4, 0.5) is 0 Å². The van der Waals surface area contributed by atoms with Crippen molar-refractivity contribution in [1.82, 2.24) is 4.90 Å². The van der Waals surface area contributed by atoms with Gasteiger partial charge in [-0.05, 0) is 0 Å². The third-order valence-electron chi connectivity index (χ3n) is 4.07. The summed E-state index contributed by atoms with van der Waals surface area (Å²) in [6, 6.07) is 0. The van der Waals surface area contributed by atoms with Gasteiger partial charge in [-0.1, -0.05) is 6.08 Å². The van der Waals surface area contributed by atoms with E-state index in [0.717, 1.165) is 7.11 Å². The summed E-state index contributed by atoms with van der Waals surface area (Å²) in [4.78, 5) is 35.1. The average molecular weight is 387 g/mol. The van der Waals surface area contributed by atoms with Crippen LogP contribution in [0, 0.1) is 0 Å². The molecule has 11 nitrogen and oxygen atoms in total. The number of aliphatic hydroxyl groups is 3. The molecule has 0 spiro atoms. The molecule has 0 aromatic carbocycles. The lowest BCUT2D eigenvalue weighted by Gasteiger charge is -2.28. The van der Waals surface area contributed by atoms with E-state index in [-0.39, 0.29) is 12.0 Å². The summed E-state index contributed by atoms with van der Waals surface area (Å²) >= 11 is 0. The maximum atomic E-state index is 11.6. The smallest absolute Gasteiger partial charge is 0.335 e. The number of allylic oxidation sites excluding steroid dienone is 1. The number of hydrogen-bond donors (Lipinski definition) is 4. The number of aliphatic carboxylic acids is 1. The van der Waals surface area contributed by atoms with Crippen molar-refractivity contribution in [2.45, 2.75) is 43.5 Å². The van der Waals surface area contributed by atoms with Gasteiger partial charge in [0.15, 0.2) is 12.3 Å². The van der Waals surface area contributed by atoms with Crippen LogP contribution in [-0.2, 0) is 28.6 Å². The van der Waals surface area contributed by atoms with Crippen molar-refractivity contribution in [2.75, 3.05) is 13.7 Å². The summed E-state index contributed by atoms with van der Waals surface area (Å²) in [6.07, 6.45) is -2.69. The minimum Gasteiger partial charge on any atom is -0.478 e. The molecule has 0 aromatic rings. The first-order valence-electron chi connectivity index (χ1n) is 8.05. The standard InChI is InChI=1S/C16H21NO10/c1-25-16(24)9(18)5-11(19)26-7-10-12(20)13(21)14(27-10)17-4-2-3-8(6-17)15(22)23/h2,4,6,9-10,12-14,18,20-21H,3,5,7H2,1H3,(H,22,23)/t9-,10+,12+,13+,14+/m0/s1. The van der Waals surface area contributed by atoms with Crippen molar-refractivity contribution in [3.05, 3.63) is 24.0 Å². The lowest BCUT2D eigenvalue weighted by atomic mass is 10.1. The van der Waals surface area contributed by atoms with E-state index in [4.69, 9.17) is 14.6 Å². The zero-order chi connectivity index (χ0) is 20.1. The summed E-state index contributed by atoms with van der Waals surface area (Å²) in [5.74, 6) is -3.03. The molecule has 0 radical (unpaired) electrons. The fourth-order valence-corrected chi connectivity index (χ4v) is 2.60. The first-order valence-corrected chi connectivity index (χ1v) is 8.05. The van der Waals surface area contributed by atoms with Crippen LogP contribution in [0.2, 0.25) is 0 Å². The fraction of sp³-hybridized carbons (Fsp3) is 0.562. The Balaban J connectivity index is 1.92. The number of aliphatic hydroxyl groups excluding tert-OH is 3.